The molecule has 0 saturated carbocycles. The number of anilines is 1. The van der Waals surface area contributed by atoms with Gasteiger partial charge in [0, 0.05) is 18.5 Å². The molecule has 2 aromatic rings. The molecule has 1 saturated heterocycles. The molecule has 86 valence electrons. The van der Waals surface area contributed by atoms with Crippen LogP contribution < -0.4 is 10.2 Å². The Bertz CT molecular complexity index is 535. The van der Waals surface area contributed by atoms with Crippen LogP contribution in [-0.2, 0) is 0 Å². The molecule has 1 aromatic carbocycles. The number of nitrogens with zero attached hydrogens (tertiary/aromatic N) is 1. The summed E-state index contributed by atoms with van der Waals surface area (Å²) in [6.45, 7) is 1.49. The zero-order chi connectivity index (χ0) is 11.7. The Morgan fingerprint density at radius 2 is 2.00 bits per heavy atom. The Morgan fingerprint density at radius 3 is 2.71 bits per heavy atom. The minimum Gasteiger partial charge on any atom is -0.336 e. The van der Waals surface area contributed by atoms with E-state index in [-0.39, 0.29) is 6.03 Å². The van der Waals surface area contributed by atoms with Crippen LogP contribution >= 0.6 is 11.3 Å². The third-order valence-electron chi connectivity index (χ3n) is 2.82. The number of carbonyl (C=O) groups excluding carboxylic acids is 1. The van der Waals surface area contributed by atoms with Crippen molar-refractivity contribution in [2.75, 3.05) is 18.0 Å². The second kappa shape index (κ2) is 4.22. The SMILES string of the molecule is O=C1NCCN1c1cc(-c2ccccc2)cs1. The molecule has 1 fully saturated rings. The fourth-order valence-corrected chi connectivity index (χ4v) is 2.88. The van der Waals surface area contributed by atoms with Crippen molar-refractivity contribution in [1.82, 2.24) is 5.32 Å². The summed E-state index contributed by atoms with van der Waals surface area (Å²) in [4.78, 5) is 13.3. The first kappa shape index (κ1) is 10.4. The van der Waals surface area contributed by atoms with Gasteiger partial charge in [0.1, 0.15) is 0 Å². The molecular formula is C13H12N2OS. The second-order valence-corrected chi connectivity index (χ2v) is 4.81. The van der Waals surface area contributed by atoms with Crippen LogP contribution in [-0.4, -0.2) is 19.1 Å². The quantitative estimate of drug-likeness (QED) is 0.865. The van der Waals surface area contributed by atoms with E-state index in [0.717, 1.165) is 18.1 Å². The molecule has 0 bridgehead atoms. The van der Waals surface area contributed by atoms with Crippen LogP contribution in [0.2, 0.25) is 0 Å². The van der Waals surface area contributed by atoms with Gasteiger partial charge in [0.05, 0.1) is 5.00 Å². The van der Waals surface area contributed by atoms with Gasteiger partial charge < -0.3 is 5.32 Å². The monoisotopic (exact) mass is 244 g/mol. The molecular weight excluding hydrogens is 232 g/mol. The van der Waals surface area contributed by atoms with E-state index in [4.69, 9.17) is 0 Å². The molecule has 1 aliphatic rings. The van der Waals surface area contributed by atoms with Crippen LogP contribution in [0.4, 0.5) is 9.80 Å². The van der Waals surface area contributed by atoms with E-state index < -0.39 is 0 Å². The van der Waals surface area contributed by atoms with Crippen LogP contribution in [0.3, 0.4) is 0 Å². The lowest BCUT2D eigenvalue weighted by Gasteiger charge is -2.10. The number of nitrogens with one attached hydrogen (secondary N) is 1. The van der Waals surface area contributed by atoms with Crippen molar-refractivity contribution in [3.05, 3.63) is 41.8 Å². The predicted molar refractivity (Wildman–Crippen MR) is 70.5 cm³/mol. The Kier molecular flexibility index (Phi) is 2.57. The van der Waals surface area contributed by atoms with E-state index in [0.29, 0.717) is 0 Å². The number of hydrogen-bond acceptors (Lipinski definition) is 2. The van der Waals surface area contributed by atoms with Gasteiger partial charge in [-0.3, -0.25) is 4.90 Å². The van der Waals surface area contributed by atoms with Gasteiger partial charge in [0.2, 0.25) is 0 Å². The molecule has 2 amide bonds. The molecule has 0 atom stereocenters. The van der Waals surface area contributed by atoms with Crippen LogP contribution in [0.25, 0.3) is 11.1 Å². The fourth-order valence-electron chi connectivity index (χ4n) is 1.93. The molecule has 1 aromatic heterocycles. The van der Waals surface area contributed by atoms with Crippen LogP contribution in [0, 0.1) is 0 Å². The maximum Gasteiger partial charge on any atom is 0.322 e. The molecule has 2 heterocycles. The fraction of sp³-hybridized carbons (Fsp3) is 0.154. The molecule has 4 heteroatoms. The van der Waals surface area contributed by atoms with E-state index in [2.05, 4.69) is 28.9 Å². The maximum atomic E-state index is 11.5. The molecule has 0 unspecified atom stereocenters. The highest BCUT2D eigenvalue weighted by Crippen LogP contribution is 2.32. The number of benzene rings is 1. The molecule has 1 aliphatic heterocycles. The predicted octanol–water partition coefficient (Wildman–Crippen LogP) is 2.94. The first-order chi connectivity index (χ1) is 8.34. The van der Waals surface area contributed by atoms with Crippen LogP contribution in [0.5, 0.6) is 0 Å². The van der Waals surface area contributed by atoms with Crippen molar-refractivity contribution < 1.29 is 4.79 Å². The molecule has 0 radical (unpaired) electrons. The number of amides is 2. The molecule has 0 spiro atoms. The van der Waals surface area contributed by atoms with E-state index in [1.54, 1.807) is 16.2 Å². The highest BCUT2D eigenvalue weighted by Gasteiger charge is 2.22. The summed E-state index contributed by atoms with van der Waals surface area (Å²) < 4.78 is 0. The summed E-state index contributed by atoms with van der Waals surface area (Å²) in [6, 6.07) is 12.3. The minimum absolute atomic E-state index is 0.00598. The van der Waals surface area contributed by atoms with E-state index in [1.165, 1.54) is 11.1 Å². The molecule has 3 rings (SSSR count). The Balaban J connectivity index is 1.91. The highest BCUT2D eigenvalue weighted by atomic mass is 32.1. The van der Waals surface area contributed by atoms with Crippen molar-refractivity contribution in [1.29, 1.82) is 0 Å². The van der Waals surface area contributed by atoms with E-state index >= 15 is 0 Å². The lowest BCUT2D eigenvalue weighted by molar-refractivity contribution is 0.252. The molecule has 1 N–H and O–H groups in total. The van der Waals surface area contributed by atoms with Gasteiger partial charge >= 0.3 is 6.03 Å². The average molecular weight is 244 g/mol. The van der Waals surface area contributed by atoms with Crippen LogP contribution in [0.1, 0.15) is 0 Å². The van der Waals surface area contributed by atoms with Gasteiger partial charge in [0.15, 0.2) is 0 Å². The number of hydrogen-bond donors (Lipinski definition) is 1. The van der Waals surface area contributed by atoms with Crippen molar-refractivity contribution in [2.24, 2.45) is 0 Å². The van der Waals surface area contributed by atoms with E-state index in [9.17, 15) is 4.79 Å². The van der Waals surface area contributed by atoms with Gasteiger partial charge in [-0.2, -0.15) is 0 Å². The molecule has 0 aliphatic carbocycles. The van der Waals surface area contributed by atoms with Crippen LogP contribution in [0.15, 0.2) is 41.8 Å². The van der Waals surface area contributed by atoms with Gasteiger partial charge in [-0.25, -0.2) is 4.79 Å². The first-order valence-electron chi connectivity index (χ1n) is 5.54. The van der Waals surface area contributed by atoms with Gasteiger partial charge in [-0.15, -0.1) is 11.3 Å². The number of urea groups is 1. The summed E-state index contributed by atoms with van der Waals surface area (Å²) in [6.07, 6.45) is 0. The summed E-state index contributed by atoms with van der Waals surface area (Å²) in [5.41, 5.74) is 2.36. The summed E-state index contributed by atoms with van der Waals surface area (Å²) in [5, 5.41) is 5.92. The first-order valence-corrected chi connectivity index (χ1v) is 6.42. The number of rotatable bonds is 2. The Labute approximate surface area is 104 Å². The van der Waals surface area contributed by atoms with Gasteiger partial charge in [-0.1, -0.05) is 30.3 Å². The third kappa shape index (κ3) is 1.91. The molecule has 17 heavy (non-hydrogen) atoms. The smallest absolute Gasteiger partial charge is 0.322 e. The minimum atomic E-state index is 0.00598. The standard InChI is InChI=1S/C13H12N2OS/c16-13-14-6-7-15(13)12-8-11(9-17-12)10-4-2-1-3-5-10/h1-5,8-9H,6-7H2,(H,14,16). The summed E-state index contributed by atoms with van der Waals surface area (Å²) in [7, 11) is 0. The third-order valence-corrected chi connectivity index (χ3v) is 3.77. The second-order valence-electron chi connectivity index (χ2n) is 3.92. The van der Waals surface area contributed by atoms with Crippen molar-refractivity contribution in [3.8, 4) is 11.1 Å². The molecule has 3 nitrogen and oxygen atoms in total. The largest absolute Gasteiger partial charge is 0.336 e. The normalized spacial score (nSPS) is 15.1. The summed E-state index contributed by atoms with van der Waals surface area (Å²) in [5.74, 6) is 0. The van der Waals surface area contributed by atoms with E-state index in [1.807, 2.05) is 18.2 Å². The van der Waals surface area contributed by atoms with Gasteiger partial charge in [-0.05, 0) is 17.2 Å². The Hall–Kier alpha value is -1.81. The summed E-state index contributed by atoms with van der Waals surface area (Å²) >= 11 is 1.61. The Morgan fingerprint density at radius 1 is 1.18 bits per heavy atom. The van der Waals surface area contributed by atoms with Crippen molar-refractivity contribution >= 4 is 22.4 Å². The van der Waals surface area contributed by atoms with Crippen molar-refractivity contribution in [2.45, 2.75) is 0 Å². The number of carbonyl (C=O) groups is 1. The maximum absolute atomic E-state index is 11.5. The topological polar surface area (TPSA) is 32.3 Å². The zero-order valence-electron chi connectivity index (χ0n) is 9.22. The number of thiophene rings is 1. The highest BCUT2D eigenvalue weighted by molar-refractivity contribution is 7.14. The lowest BCUT2D eigenvalue weighted by Crippen LogP contribution is -2.26. The zero-order valence-corrected chi connectivity index (χ0v) is 10.0. The van der Waals surface area contributed by atoms with Gasteiger partial charge in [0.25, 0.3) is 0 Å². The average Bonchev–Trinajstić information content (AvgIpc) is 2.98. The van der Waals surface area contributed by atoms with Crippen molar-refractivity contribution in [3.63, 3.8) is 0 Å². The lowest BCUT2D eigenvalue weighted by atomic mass is 10.1.